The molecular weight excluding hydrogens is 757 g/mol. The largest absolute Gasteiger partial charge is 0.456 e. The average molecular weight is 795 g/mol. The lowest BCUT2D eigenvalue weighted by atomic mass is 9.93. The average Bonchev–Trinajstić information content (AvgIpc) is 3.73. The third-order valence-electron chi connectivity index (χ3n) is 12.1. The molecule has 292 valence electrons. The van der Waals surface area contributed by atoms with Crippen LogP contribution in [0.1, 0.15) is 0 Å². The van der Waals surface area contributed by atoms with Crippen molar-refractivity contribution in [3.05, 3.63) is 231 Å². The Hall–Kier alpha value is -8.34. The molecule has 0 aliphatic carbocycles. The number of fused-ring (bicyclic) bond motifs is 5. The fourth-order valence-electron chi connectivity index (χ4n) is 9.14. The van der Waals surface area contributed by atoms with Gasteiger partial charge in [-0.15, -0.1) is 0 Å². The number of benzene rings is 10. The number of hydrogen-bond donors (Lipinski definition) is 0. The number of para-hydroxylation sites is 4. The van der Waals surface area contributed by atoms with Gasteiger partial charge >= 0.3 is 0 Å². The third kappa shape index (κ3) is 6.00. The maximum absolute atomic E-state index is 6.80. The minimum absolute atomic E-state index is 0.832. The molecule has 0 spiro atoms. The smallest absolute Gasteiger partial charge is 0.159 e. The van der Waals surface area contributed by atoms with Gasteiger partial charge in [0.2, 0.25) is 0 Å². The van der Waals surface area contributed by atoms with Crippen molar-refractivity contribution in [3.8, 4) is 44.9 Å². The van der Waals surface area contributed by atoms with Gasteiger partial charge in [-0.05, 0) is 107 Å². The summed E-state index contributed by atoms with van der Waals surface area (Å²) in [4.78, 5) is 4.64. The Morgan fingerprint density at radius 3 is 1.55 bits per heavy atom. The molecule has 0 bridgehead atoms. The van der Waals surface area contributed by atoms with Crippen LogP contribution < -0.4 is 14.5 Å². The summed E-state index contributed by atoms with van der Waals surface area (Å²) in [5, 5.41) is 4.31. The minimum Gasteiger partial charge on any atom is -0.456 e. The van der Waals surface area contributed by atoms with E-state index < -0.39 is 0 Å². The van der Waals surface area contributed by atoms with E-state index in [4.69, 9.17) is 9.15 Å². The molecular formula is C58H38N2O2. The molecule has 0 unspecified atom stereocenters. The standard InChI is InChI=1S/C58H38N2O2/c1-4-14-39(15-5-1)40-26-28-41(29-27-40)42-30-32-45(33-31-42)60(53-24-13-22-49-47-20-10-11-25-54(47)62-58(49)53)52-35-37-56-57-48(21-12-23-50(52)57)51-38-46(34-36-55(51)61-56)59(43-16-6-2-7-17-43)44-18-8-3-9-19-44/h1-38H. The van der Waals surface area contributed by atoms with Crippen molar-refractivity contribution in [2.45, 2.75) is 0 Å². The van der Waals surface area contributed by atoms with Gasteiger partial charge in [0.05, 0.1) is 11.4 Å². The van der Waals surface area contributed by atoms with Gasteiger partial charge in [-0.1, -0.05) is 152 Å². The molecule has 11 aromatic rings. The second-order valence-corrected chi connectivity index (χ2v) is 15.7. The van der Waals surface area contributed by atoms with Gasteiger partial charge in [0.1, 0.15) is 17.1 Å². The quantitative estimate of drug-likeness (QED) is 0.153. The van der Waals surface area contributed by atoms with Gasteiger partial charge in [-0.2, -0.15) is 0 Å². The Morgan fingerprint density at radius 2 is 0.839 bits per heavy atom. The molecule has 0 N–H and O–H groups in total. The van der Waals surface area contributed by atoms with Crippen LogP contribution in [0, 0.1) is 0 Å². The maximum atomic E-state index is 6.80. The maximum Gasteiger partial charge on any atom is 0.159 e. The first-order valence-electron chi connectivity index (χ1n) is 21.0. The summed E-state index contributed by atoms with van der Waals surface area (Å²) in [6, 6.07) is 81.4. The van der Waals surface area contributed by atoms with Crippen LogP contribution >= 0.6 is 0 Å². The Labute approximate surface area is 359 Å². The first-order valence-corrected chi connectivity index (χ1v) is 21.0. The van der Waals surface area contributed by atoms with Gasteiger partial charge in [0.25, 0.3) is 0 Å². The molecule has 4 nitrogen and oxygen atoms in total. The zero-order chi connectivity index (χ0) is 41.0. The molecule has 0 fully saturated rings. The van der Waals surface area contributed by atoms with Crippen molar-refractivity contribution in [1.29, 1.82) is 0 Å². The van der Waals surface area contributed by atoms with Gasteiger partial charge in [0, 0.05) is 49.9 Å². The number of nitrogens with zero attached hydrogens (tertiary/aromatic N) is 2. The molecule has 12 rings (SSSR count). The van der Waals surface area contributed by atoms with Gasteiger partial charge < -0.3 is 19.0 Å². The third-order valence-corrected chi connectivity index (χ3v) is 12.1. The van der Waals surface area contributed by atoms with E-state index >= 15 is 0 Å². The SMILES string of the molecule is c1ccc(-c2ccc(-c3ccc(N(c4ccc5c6c(cccc46)-c4cc(N(c6ccccc6)c6ccccc6)ccc4O5)c4cccc5c4oc4ccccc45)cc3)cc2)cc1. The lowest BCUT2D eigenvalue weighted by molar-refractivity contribution is 0.487. The zero-order valence-electron chi connectivity index (χ0n) is 33.7. The van der Waals surface area contributed by atoms with E-state index in [0.717, 1.165) is 101 Å². The number of anilines is 6. The number of hydrogen-bond acceptors (Lipinski definition) is 4. The van der Waals surface area contributed by atoms with Crippen molar-refractivity contribution in [1.82, 2.24) is 0 Å². The van der Waals surface area contributed by atoms with E-state index in [1.165, 1.54) is 11.1 Å². The van der Waals surface area contributed by atoms with Crippen LogP contribution in [0.4, 0.5) is 34.1 Å². The molecule has 4 heteroatoms. The minimum atomic E-state index is 0.832. The molecule has 0 saturated carbocycles. The Balaban J connectivity index is 1.01. The van der Waals surface area contributed by atoms with Crippen LogP contribution in [0.25, 0.3) is 66.1 Å². The summed E-state index contributed by atoms with van der Waals surface area (Å²) in [7, 11) is 0. The number of rotatable bonds is 8. The van der Waals surface area contributed by atoms with E-state index in [9.17, 15) is 0 Å². The van der Waals surface area contributed by atoms with E-state index in [1.807, 2.05) is 12.1 Å². The Bertz CT molecular complexity index is 3380. The lowest BCUT2D eigenvalue weighted by Crippen LogP contribution is -2.12. The second-order valence-electron chi connectivity index (χ2n) is 15.7. The normalized spacial score (nSPS) is 11.7. The zero-order valence-corrected chi connectivity index (χ0v) is 33.7. The molecule has 0 amide bonds. The Kier molecular flexibility index (Phi) is 8.46. The van der Waals surface area contributed by atoms with Crippen LogP contribution in [0.3, 0.4) is 0 Å². The number of ether oxygens (including phenoxy) is 1. The Morgan fingerprint density at radius 1 is 0.306 bits per heavy atom. The molecule has 1 aliphatic heterocycles. The summed E-state index contributed by atoms with van der Waals surface area (Å²) in [6.07, 6.45) is 0. The van der Waals surface area contributed by atoms with Crippen molar-refractivity contribution in [2.24, 2.45) is 0 Å². The molecule has 1 aromatic heterocycles. The molecule has 0 saturated heterocycles. The molecule has 2 heterocycles. The second kappa shape index (κ2) is 14.7. The predicted octanol–water partition coefficient (Wildman–Crippen LogP) is 16.8. The van der Waals surface area contributed by atoms with E-state index in [0.29, 0.717) is 0 Å². The first-order chi connectivity index (χ1) is 30.7. The molecule has 0 radical (unpaired) electrons. The van der Waals surface area contributed by atoms with E-state index in [1.54, 1.807) is 0 Å². The summed E-state index contributed by atoms with van der Waals surface area (Å²) >= 11 is 0. The summed E-state index contributed by atoms with van der Waals surface area (Å²) in [6.45, 7) is 0. The van der Waals surface area contributed by atoms with Crippen molar-refractivity contribution >= 4 is 66.8 Å². The van der Waals surface area contributed by atoms with E-state index in [-0.39, 0.29) is 0 Å². The predicted molar refractivity (Wildman–Crippen MR) is 257 cm³/mol. The van der Waals surface area contributed by atoms with Crippen molar-refractivity contribution in [2.75, 3.05) is 9.80 Å². The van der Waals surface area contributed by atoms with Crippen LogP contribution in [0.15, 0.2) is 235 Å². The highest BCUT2D eigenvalue weighted by molar-refractivity contribution is 6.14. The van der Waals surface area contributed by atoms with Crippen molar-refractivity contribution in [3.63, 3.8) is 0 Å². The highest BCUT2D eigenvalue weighted by Crippen LogP contribution is 2.53. The lowest BCUT2D eigenvalue weighted by Gasteiger charge is -2.30. The van der Waals surface area contributed by atoms with Gasteiger partial charge in [0.15, 0.2) is 5.58 Å². The monoisotopic (exact) mass is 794 g/mol. The van der Waals surface area contributed by atoms with Crippen LogP contribution in [-0.4, -0.2) is 0 Å². The fraction of sp³-hybridized carbons (Fsp3) is 0. The van der Waals surface area contributed by atoms with Crippen LogP contribution in [-0.2, 0) is 0 Å². The summed E-state index contributed by atoms with van der Waals surface area (Å²) in [5.74, 6) is 1.66. The molecule has 1 aliphatic rings. The van der Waals surface area contributed by atoms with Crippen LogP contribution in [0.2, 0.25) is 0 Å². The van der Waals surface area contributed by atoms with Gasteiger partial charge in [-0.25, -0.2) is 0 Å². The van der Waals surface area contributed by atoms with E-state index in [2.05, 4.69) is 228 Å². The fourth-order valence-corrected chi connectivity index (χ4v) is 9.14. The topological polar surface area (TPSA) is 28.9 Å². The highest BCUT2D eigenvalue weighted by Gasteiger charge is 2.27. The number of furan rings is 1. The summed E-state index contributed by atoms with van der Waals surface area (Å²) < 4.78 is 13.5. The van der Waals surface area contributed by atoms with Gasteiger partial charge in [-0.3, -0.25) is 0 Å². The first kappa shape index (κ1) is 35.6. The van der Waals surface area contributed by atoms with Crippen LogP contribution in [0.5, 0.6) is 11.5 Å². The summed E-state index contributed by atoms with van der Waals surface area (Å²) in [5.41, 5.74) is 14.8. The molecule has 10 aromatic carbocycles. The highest BCUT2D eigenvalue weighted by atomic mass is 16.5. The molecule has 0 atom stereocenters. The van der Waals surface area contributed by atoms with Crippen molar-refractivity contribution < 1.29 is 9.15 Å². The molecule has 62 heavy (non-hydrogen) atoms.